The van der Waals surface area contributed by atoms with Crippen molar-refractivity contribution in [1.29, 1.82) is 0 Å². The molecule has 1 aromatic carbocycles. The molecule has 3 nitrogen and oxygen atoms in total. The van der Waals surface area contributed by atoms with Crippen LogP contribution in [0.2, 0.25) is 0 Å². The van der Waals surface area contributed by atoms with Crippen LogP contribution in [0.15, 0.2) is 18.2 Å². The van der Waals surface area contributed by atoms with Crippen molar-refractivity contribution in [2.45, 2.75) is 53.0 Å². The van der Waals surface area contributed by atoms with E-state index in [0.29, 0.717) is 17.9 Å². The van der Waals surface area contributed by atoms with Crippen molar-refractivity contribution >= 4 is 0 Å². The summed E-state index contributed by atoms with van der Waals surface area (Å²) in [6, 6.07) is 5.27. The second kappa shape index (κ2) is 6.13. The van der Waals surface area contributed by atoms with E-state index in [-0.39, 0.29) is 11.2 Å². The Bertz CT molecular complexity index is 687. The number of aromatic nitrogens is 2. The summed E-state index contributed by atoms with van der Waals surface area (Å²) in [5, 5.41) is 0. The molecule has 0 bridgehead atoms. The van der Waals surface area contributed by atoms with Gasteiger partial charge in [0, 0.05) is 12.2 Å². The highest BCUT2D eigenvalue weighted by atomic mass is 19.1. The normalized spacial score (nSPS) is 11.8. The Morgan fingerprint density at radius 3 is 2.36 bits per heavy atom. The van der Waals surface area contributed by atoms with E-state index in [1.54, 1.807) is 12.1 Å². The van der Waals surface area contributed by atoms with E-state index in [1.165, 1.54) is 0 Å². The first-order valence-corrected chi connectivity index (χ1v) is 7.64. The second-order valence-electron chi connectivity index (χ2n) is 6.56. The van der Waals surface area contributed by atoms with Crippen molar-refractivity contribution in [2.24, 2.45) is 5.73 Å². The van der Waals surface area contributed by atoms with Gasteiger partial charge in [-0.25, -0.2) is 14.4 Å². The Balaban J connectivity index is 2.55. The zero-order chi connectivity index (χ0) is 16.5. The van der Waals surface area contributed by atoms with Crippen LogP contribution in [0, 0.1) is 12.7 Å². The average Bonchev–Trinajstić information content (AvgIpc) is 2.45. The van der Waals surface area contributed by atoms with Crippen LogP contribution in [0.25, 0.3) is 11.4 Å². The number of halogens is 1. The summed E-state index contributed by atoms with van der Waals surface area (Å²) < 4.78 is 14.5. The van der Waals surface area contributed by atoms with Crippen LogP contribution in [0.5, 0.6) is 0 Å². The number of hydrogen-bond donors (Lipinski definition) is 1. The first-order chi connectivity index (χ1) is 10.3. The first-order valence-electron chi connectivity index (χ1n) is 7.64. The SMILES string of the molecule is CCc1c(C)nc(-c2ccc(C(C)(C)C)cc2F)nc1CN. The largest absolute Gasteiger partial charge is 0.325 e. The molecule has 0 aliphatic heterocycles. The molecule has 0 radical (unpaired) electrons. The van der Waals surface area contributed by atoms with Crippen molar-refractivity contribution in [3.05, 3.63) is 46.5 Å². The first kappa shape index (κ1) is 16.6. The Kier molecular flexibility index (Phi) is 4.61. The number of nitrogens with two attached hydrogens (primary N) is 1. The van der Waals surface area contributed by atoms with Crippen molar-refractivity contribution in [1.82, 2.24) is 9.97 Å². The summed E-state index contributed by atoms with van der Waals surface area (Å²) in [7, 11) is 0. The molecule has 2 N–H and O–H groups in total. The quantitative estimate of drug-likeness (QED) is 0.935. The lowest BCUT2D eigenvalue weighted by atomic mass is 9.86. The molecule has 1 aromatic heterocycles. The van der Waals surface area contributed by atoms with Gasteiger partial charge in [0.05, 0.1) is 11.3 Å². The van der Waals surface area contributed by atoms with Crippen molar-refractivity contribution in [3.8, 4) is 11.4 Å². The maximum Gasteiger partial charge on any atom is 0.162 e. The summed E-state index contributed by atoms with van der Waals surface area (Å²) in [5.41, 5.74) is 9.78. The maximum atomic E-state index is 14.5. The summed E-state index contributed by atoms with van der Waals surface area (Å²) in [6.45, 7) is 10.5. The Morgan fingerprint density at radius 2 is 1.86 bits per heavy atom. The van der Waals surface area contributed by atoms with E-state index in [1.807, 2.05) is 19.9 Å². The molecule has 2 rings (SSSR count). The topological polar surface area (TPSA) is 51.8 Å². The van der Waals surface area contributed by atoms with Crippen LogP contribution in [-0.4, -0.2) is 9.97 Å². The molecule has 0 unspecified atom stereocenters. The lowest BCUT2D eigenvalue weighted by Gasteiger charge is -2.19. The van der Waals surface area contributed by atoms with E-state index < -0.39 is 0 Å². The zero-order valence-corrected chi connectivity index (χ0v) is 14.0. The molecule has 0 fully saturated rings. The standard InChI is InChI=1S/C18H24FN3/c1-6-13-11(2)21-17(22-16(13)10-20)14-8-7-12(9-15(14)19)18(3,4)5/h7-9H,6,10,20H2,1-5H3. The van der Waals surface area contributed by atoms with Gasteiger partial charge in [0.2, 0.25) is 0 Å². The zero-order valence-electron chi connectivity index (χ0n) is 14.0. The molecular formula is C18H24FN3. The van der Waals surface area contributed by atoms with E-state index in [0.717, 1.165) is 28.9 Å². The van der Waals surface area contributed by atoms with Crippen LogP contribution in [-0.2, 0) is 18.4 Å². The predicted octanol–water partition coefficient (Wildman–Crippen LogP) is 3.91. The van der Waals surface area contributed by atoms with Gasteiger partial charge < -0.3 is 5.73 Å². The monoisotopic (exact) mass is 301 g/mol. The predicted molar refractivity (Wildman–Crippen MR) is 88.1 cm³/mol. The Labute approximate surface area is 131 Å². The molecule has 2 aromatic rings. The summed E-state index contributed by atoms with van der Waals surface area (Å²) in [5.74, 6) is 0.118. The van der Waals surface area contributed by atoms with Gasteiger partial charge in [-0.15, -0.1) is 0 Å². The molecule has 1 heterocycles. The van der Waals surface area contributed by atoms with Crippen LogP contribution < -0.4 is 5.73 Å². The minimum atomic E-state index is -0.293. The van der Waals surface area contributed by atoms with Crippen molar-refractivity contribution in [3.63, 3.8) is 0 Å². The maximum absolute atomic E-state index is 14.5. The molecular weight excluding hydrogens is 277 g/mol. The molecule has 4 heteroatoms. The molecule has 0 amide bonds. The molecule has 118 valence electrons. The molecule has 0 aliphatic rings. The van der Waals surface area contributed by atoms with E-state index in [2.05, 4.69) is 30.7 Å². The molecule has 22 heavy (non-hydrogen) atoms. The lowest BCUT2D eigenvalue weighted by molar-refractivity contribution is 0.573. The van der Waals surface area contributed by atoms with Gasteiger partial charge in [0.25, 0.3) is 0 Å². The smallest absolute Gasteiger partial charge is 0.162 e. The van der Waals surface area contributed by atoms with Gasteiger partial charge in [-0.1, -0.05) is 33.8 Å². The second-order valence-corrected chi connectivity index (χ2v) is 6.56. The lowest BCUT2D eigenvalue weighted by Crippen LogP contribution is -2.12. The highest BCUT2D eigenvalue weighted by Gasteiger charge is 2.18. The highest BCUT2D eigenvalue weighted by molar-refractivity contribution is 5.58. The highest BCUT2D eigenvalue weighted by Crippen LogP contribution is 2.28. The fourth-order valence-electron chi connectivity index (χ4n) is 2.57. The third-order valence-corrected chi connectivity index (χ3v) is 3.92. The molecule has 0 aliphatic carbocycles. The van der Waals surface area contributed by atoms with Gasteiger partial charge >= 0.3 is 0 Å². The summed E-state index contributed by atoms with van der Waals surface area (Å²) in [4.78, 5) is 8.94. The molecule has 0 spiro atoms. The molecule has 0 atom stereocenters. The van der Waals surface area contributed by atoms with Gasteiger partial charge in [-0.3, -0.25) is 0 Å². The van der Waals surface area contributed by atoms with Crippen LogP contribution >= 0.6 is 0 Å². The minimum absolute atomic E-state index is 0.0926. The minimum Gasteiger partial charge on any atom is -0.325 e. The molecule has 0 saturated carbocycles. The number of benzene rings is 1. The summed E-state index contributed by atoms with van der Waals surface area (Å²) >= 11 is 0. The van der Waals surface area contributed by atoms with Crippen LogP contribution in [0.4, 0.5) is 4.39 Å². The number of aryl methyl sites for hydroxylation is 1. The fraction of sp³-hybridized carbons (Fsp3) is 0.444. The van der Waals surface area contributed by atoms with Crippen LogP contribution in [0.1, 0.15) is 50.2 Å². The third kappa shape index (κ3) is 3.17. The summed E-state index contributed by atoms with van der Waals surface area (Å²) in [6.07, 6.45) is 0.824. The number of hydrogen-bond acceptors (Lipinski definition) is 3. The van der Waals surface area contributed by atoms with Gasteiger partial charge in [0.15, 0.2) is 5.82 Å². The Hall–Kier alpha value is -1.81. The van der Waals surface area contributed by atoms with E-state index >= 15 is 0 Å². The van der Waals surface area contributed by atoms with Crippen LogP contribution in [0.3, 0.4) is 0 Å². The van der Waals surface area contributed by atoms with Crippen molar-refractivity contribution < 1.29 is 4.39 Å². The van der Waals surface area contributed by atoms with Gasteiger partial charge in [0.1, 0.15) is 5.82 Å². The van der Waals surface area contributed by atoms with Gasteiger partial charge in [-0.05, 0) is 42.0 Å². The average molecular weight is 301 g/mol. The number of nitrogens with zero attached hydrogens (tertiary/aromatic N) is 2. The van der Waals surface area contributed by atoms with E-state index in [9.17, 15) is 4.39 Å². The fourth-order valence-corrected chi connectivity index (χ4v) is 2.57. The molecule has 0 saturated heterocycles. The van der Waals surface area contributed by atoms with Crippen molar-refractivity contribution in [2.75, 3.05) is 0 Å². The van der Waals surface area contributed by atoms with Gasteiger partial charge in [-0.2, -0.15) is 0 Å². The Morgan fingerprint density at radius 1 is 1.18 bits per heavy atom. The van der Waals surface area contributed by atoms with E-state index in [4.69, 9.17) is 5.73 Å². The third-order valence-electron chi connectivity index (χ3n) is 3.92. The number of rotatable bonds is 3.